The molecular weight excluding hydrogens is 462 g/mol. The van der Waals surface area contributed by atoms with Gasteiger partial charge in [0.25, 0.3) is 0 Å². The third kappa shape index (κ3) is 6.11. The number of hydrogen-bond acceptors (Lipinski definition) is 3. The molecule has 0 radical (unpaired) electrons. The Bertz CT molecular complexity index is 781. The summed E-state index contributed by atoms with van der Waals surface area (Å²) in [7, 11) is 1.92. The highest BCUT2D eigenvalue weighted by atomic mass is 16.4. The van der Waals surface area contributed by atoms with E-state index in [-0.39, 0.29) is 34.6 Å². The summed E-state index contributed by atoms with van der Waals surface area (Å²) in [5.74, 6) is 2.76. The van der Waals surface area contributed by atoms with Gasteiger partial charge in [-0.15, -0.1) is 0 Å². The minimum atomic E-state index is -0.619. The molecule has 8 unspecified atom stereocenters. The maximum atomic E-state index is 12.6. The second-order valence-corrected chi connectivity index (χ2v) is 13.3. The summed E-state index contributed by atoms with van der Waals surface area (Å²) in [6.07, 6.45) is 11.8. The summed E-state index contributed by atoms with van der Waals surface area (Å²) in [6.45, 7) is 17.5. The highest BCUT2D eigenvalue weighted by Crippen LogP contribution is 2.68. The van der Waals surface area contributed by atoms with Gasteiger partial charge in [-0.1, -0.05) is 67.7 Å². The number of carbonyl (C=O) groups is 3. The van der Waals surface area contributed by atoms with Gasteiger partial charge in [0.15, 0.2) is 0 Å². The number of piperidine rings is 1. The SMILES string of the molecule is CC.CC(C)CCCC(C)C1CCC2C3C(CCC12C)C1(C)CCC(=O)N(C)C1C[C@@H]3C(=O)O.CC=O. The third-order valence-electron chi connectivity index (χ3n) is 11.1. The van der Waals surface area contributed by atoms with Crippen LogP contribution in [0.4, 0.5) is 0 Å². The number of nitrogens with zero attached hydrogens (tertiary/aromatic N) is 1. The van der Waals surface area contributed by atoms with E-state index in [4.69, 9.17) is 4.79 Å². The quantitative estimate of drug-likeness (QED) is 0.369. The third-order valence-corrected chi connectivity index (χ3v) is 11.1. The van der Waals surface area contributed by atoms with E-state index in [0.29, 0.717) is 24.7 Å². The molecule has 4 fully saturated rings. The Balaban J connectivity index is 0.000000898. The van der Waals surface area contributed by atoms with Crippen LogP contribution >= 0.6 is 0 Å². The van der Waals surface area contributed by atoms with E-state index in [0.717, 1.165) is 36.9 Å². The minimum Gasteiger partial charge on any atom is -0.481 e. The second kappa shape index (κ2) is 13.1. The van der Waals surface area contributed by atoms with E-state index in [1.54, 1.807) is 0 Å². The average molecular weight is 520 g/mol. The van der Waals surface area contributed by atoms with Crippen LogP contribution in [0.1, 0.15) is 120 Å². The van der Waals surface area contributed by atoms with Gasteiger partial charge in [-0.2, -0.15) is 0 Å². The first kappa shape index (κ1) is 31.8. The van der Waals surface area contributed by atoms with Crippen molar-refractivity contribution < 1.29 is 19.5 Å². The van der Waals surface area contributed by atoms with Crippen LogP contribution in [0, 0.1) is 52.3 Å². The van der Waals surface area contributed by atoms with Gasteiger partial charge >= 0.3 is 5.97 Å². The summed E-state index contributed by atoms with van der Waals surface area (Å²) >= 11 is 0. The Morgan fingerprint density at radius 1 is 1.05 bits per heavy atom. The summed E-state index contributed by atoms with van der Waals surface area (Å²) in [6, 6.07) is 0.0858. The molecule has 37 heavy (non-hydrogen) atoms. The smallest absolute Gasteiger partial charge is 0.306 e. The summed E-state index contributed by atoms with van der Waals surface area (Å²) in [5, 5.41) is 10.3. The van der Waals surface area contributed by atoms with Gasteiger partial charge in [-0.25, -0.2) is 0 Å². The van der Waals surface area contributed by atoms with Gasteiger partial charge in [0.05, 0.1) is 5.92 Å². The van der Waals surface area contributed by atoms with Crippen molar-refractivity contribution in [1.29, 1.82) is 0 Å². The Morgan fingerprint density at radius 2 is 1.65 bits per heavy atom. The number of carbonyl (C=O) groups excluding carboxylic acids is 2. The lowest BCUT2D eigenvalue weighted by Gasteiger charge is -2.63. The molecule has 4 rings (SSSR count). The molecule has 5 heteroatoms. The number of aliphatic carboxylic acids is 1. The molecule has 1 N–H and O–H groups in total. The number of carboxylic acid groups (broad SMARTS) is 1. The number of carboxylic acids is 1. The van der Waals surface area contributed by atoms with Crippen molar-refractivity contribution in [3.63, 3.8) is 0 Å². The topological polar surface area (TPSA) is 74.7 Å². The molecule has 3 saturated carbocycles. The molecule has 1 saturated heterocycles. The Labute approximate surface area is 227 Å². The van der Waals surface area contributed by atoms with Crippen LogP contribution in [0.2, 0.25) is 0 Å². The first-order valence-corrected chi connectivity index (χ1v) is 15.3. The van der Waals surface area contributed by atoms with Crippen LogP contribution in [0.5, 0.6) is 0 Å². The van der Waals surface area contributed by atoms with Crippen LogP contribution in [0.25, 0.3) is 0 Å². The van der Waals surface area contributed by atoms with Gasteiger partial charge in [-0.05, 0) is 91.8 Å². The van der Waals surface area contributed by atoms with Gasteiger partial charge in [0, 0.05) is 19.5 Å². The summed E-state index contributed by atoms with van der Waals surface area (Å²) in [5.41, 5.74) is 0.354. The Kier molecular flexibility index (Phi) is 11.3. The zero-order valence-corrected chi connectivity index (χ0v) is 25.4. The fourth-order valence-electron chi connectivity index (χ4n) is 9.41. The number of rotatable bonds is 6. The molecule has 4 aliphatic rings. The molecule has 9 atom stereocenters. The molecule has 0 aromatic carbocycles. The zero-order chi connectivity index (χ0) is 28.1. The second-order valence-electron chi connectivity index (χ2n) is 13.3. The van der Waals surface area contributed by atoms with E-state index in [1.165, 1.54) is 45.4 Å². The molecule has 0 aromatic rings. The minimum absolute atomic E-state index is 0.0710. The lowest BCUT2D eigenvalue weighted by Crippen LogP contribution is -2.64. The van der Waals surface area contributed by atoms with Crippen LogP contribution in [0.3, 0.4) is 0 Å². The van der Waals surface area contributed by atoms with Crippen molar-refractivity contribution in [3.8, 4) is 0 Å². The normalized spacial score (nSPS) is 39.2. The fraction of sp³-hybridized carbons (Fsp3) is 0.906. The largest absolute Gasteiger partial charge is 0.481 e. The van der Waals surface area contributed by atoms with Gasteiger partial charge in [0.2, 0.25) is 5.91 Å². The average Bonchev–Trinajstić information content (AvgIpc) is 3.20. The van der Waals surface area contributed by atoms with E-state index in [1.807, 2.05) is 25.8 Å². The molecular formula is C32H57NO4. The van der Waals surface area contributed by atoms with Crippen LogP contribution in [0.15, 0.2) is 0 Å². The lowest BCUT2D eigenvalue weighted by molar-refractivity contribution is -0.181. The van der Waals surface area contributed by atoms with Crippen molar-refractivity contribution in [2.24, 2.45) is 52.3 Å². The first-order chi connectivity index (χ1) is 17.4. The van der Waals surface area contributed by atoms with E-state index in [9.17, 15) is 14.7 Å². The lowest BCUT2D eigenvalue weighted by atomic mass is 9.44. The van der Waals surface area contributed by atoms with Crippen LogP contribution in [-0.4, -0.2) is 41.3 Å². The molecule has 0 aromatic heterocycles. The van der Waals surface area contributed by atoms with E-state index < -0.39 is 5.97 Å². The molecule has 1 aliphatic heterocycles. The predicted octanol–water partition coefficient (Wildman–Crippen LogP) is 7.47. The van der Waals surface area contributed by atoms with E-state index >= 15 is 0 Å². The maximum absolute atomic E-state index is 12.6. The van der Waals surface area contributed by atoms with Crippen LogP contribution < -0.4 is 0 Å². The number of amides is 1. The standard InChI is InChI=1S/C28H47NO3.C2H4O.C2H6/c1-17(2)8-7-9-18(3)20-10-11-21-25-19(26(31)32)16-23-28(5,15-13-24(30)29(23)6)22(25)12-14-27(20,21)4;1-2-3;1-2/h17-23,25H,7-16H2,1-6H3,(H,31,32);2H,1H3;1-2H3/t18?,19-,20?,21?,22?,23?,25?,27?,28?;;/m0../s1. The van der Waals surface area contributed by atoms with Gasteiger partial charge in [-0.3, -0.25) is 9.59 Å². The highest BCUT2D eigenvalue weighted by molar-refractivity contribution is 5.78. The van der Waals surface area contributed by atoms with Crippen molar-refractivity contribution >= 4 is 18.2 Å². The molecule has 214 valence electrons. The number of fused-ring (bicyclic) bond motifs is 5. The Hall–Kier alpha value is -1.39. The fourth-order valence-corrected chi connectivity index (χ4v) is 9.41. The van der Waals surface area contributed by atoms with Crippen molar-refractivity contribution in [2.75, 3.05) is 7.05 Å². The number of aldehydes is 1. The molecule has 1 heterocycles. The monoisotopic (exact) mass is 519 g/mol. The van der Waals surface area contributed by atoms with Crippen LogP contribution in [-0.2, 0) is 14.4 Å². The molecule has 3 aliphatic carbocycles. The van der Waals surface area contributed by atoms with Gasteiger partial charge in [0.1, 0.15) is 6.29 Å². The molecule has 0 spiro atoms. The number of hydrogen-bond donors (Lipinski definition) is 1. The van der Waals surface area contributed by atoms with E-state index in [2.05, 4.69) is 34.6 Å². The van der Waals surface area contributed by atoms with Crippen molar-refractivity contribution in [3.05, 3.63) is 0 Å². The Morgan fingerprint density at radius 3 is 2.22 bits per heavy atom. The van der Waals surface area contributed by atoms with Crippen molar-refractivity contribution in [1.82, 2.24) is 4.90 Å². The molecule has 1 amide bonds. The summed E-state index contributed by atoms with van der Waals surface area (Å²) in [4.78, 5) is 35.8. The highest BCUT2D eigenvalue weighted by Gasteiger charge is 2.64. The predicted molar refractivity (Wildman–Crippen MR) is 151 cm³/mol. The molecule has 5 nitrogen and oxygen atoms in total. The zero-order valence-electron chi connectivity index (χ0n) is 25.4. The maximum Gasteiger partial charge on any atom is 0.306 e. The first-order valence-electron chi connectivity index (χ1n) is 15.3. The van der Waals surface area contributed by atoms with Gasteiger partial charge < -0.3 is 14.8 Å². The van der Waals surface area contributed by atoms with Crippen molar-refractivity contribution in [2.45, 2.75) is 126 Å². The number of likely N-dealkylation sites (tertiary alicyclic amines) is 1. The summed E-state index contributed by atoms with van der Waals surface area (Å²) < 4.78 is 0. The molecule has 0 bridgehead atoms.